The fraction of sp³-hybridized carbons (Fsp3) is 0.471. The van der Waals surface area contributed by atoms with E-state index in [0.29, 0.717) is 6.04 Å². The van der Waals surface area contributed by atoms with Crippen molar-refractivity contribution in [3.8, 4) is 5.69 Å². The van der Waals surface area contributed by atoms with Crippen LogP contribution in [0.2, 0.25) is 5.02 Å². The number of rotatable bonds is 6. The summed E-state index contributed by atoms with van der Waals surface area (Å²) in [6.45, 7) is 9.62. The van der Waals surface area contributed by atoms with Crippen LogP contribution < -0.4 is 5.32 Å². The van der Waals surface area contributed by atoms with Crippen LogP contribution in [0.1, 0.15) is 37.2 Å². The summed E-state index contributed by atoms with van der Waals surface area (Å²) in [5.41, 5.74) is 4.76. The van der Waals surface area contributed by atoms with Crippen molar-refractivity contribution in [1.29, 1.82) is 0 Å². The molecular weight excluding hydrogens is 282 g/mol. The number of hydrogen-bond acceptors (Lipinski definition) is 2. The van der Waals surface area contributed by atoms with Crippen molar-refractivity contribution < 1.29 is 0 Å². The Balaban J connectivity index is 2.12. The van der Waals surface area contributed by atoms with E-state index < -0.39 is 0 Å². The minimum Gasteiger partial charge on any atom is -0.315 e. The summed E-state index contributed by atoms with van der Waals surface area (Å²) in [5, 5.41) is 8.88. The highest BCUT2D eigenvalue weighted by molar-refractivity contribution is 6.30. The van der Waals surface area contributed by atoms with Gasteiger partial charge in [-0.1, -0.05) is 25.4 Å². The van der Waals surface area contributed by atoms with Crippen molar-refractivity contribution in [2.24, 2.45) is 0 Å². The van der Waals surface area contributed by atoms with E-state index >= 15 is 0 Å². The Morgan fingerprint density at radius 1 is 1.19 bits per heavy atom. The van der Waals surface area contributed by atoms with Crippen LogP contribution in [0.15, 0.2) is 24.3 Å². The van der Waals surface area contributed by atoms with Gasteiger partial charge in [-0.05, 0) is 63.1 Å². The zero-order valence-electron chi connectivity index (χ0n) is 13.3. The molecule has 0 bridgehead atoms. The summed E-state index contributed by atoms with van der Waals surface area (Å²) in [6.07, 6.45) is 2.19. The lowest BCUT2D eigenvalue weighted by atomic mass is 10.1. The largest absolute Gasteiger partial charge is 0.315 e. The van der Waals surface area contributed by atoms with Gasteiger partial charge >= 0.3 is 0 Å². The summed E-state index contributed by atoms with van der Waals surface area (Å²) in [7, 11) is 0. The molecule has 0 saturated heterocycles. The molecule has 2 rings (SSSR count). The van der Waals surface area contributed by atoms with E-state index in [0.717, 1.165) is 35.8 Å². The number of hydrogen-bond donors (Lipinski definition) is 1. The van der Waals surface area contributed by atoms with E-state index in [2.05, 4.69) is 38.1 Å². The lowest BCUT2D eigenvalue weighted by molar-refractivity contribution is 0.570. The SMILES string of the molecule is Cc1nn(-c2ccc(Cl)cc2)c(C)c1CCCNC(C)C. The third-order valence-corrected chi connectivity index (χ3v) is 3.92. The Morgan fingerprint density at radius 3 is 2.48 bits per heavy atom. The highest BCUT2D eigenvalue weighted by Gasteiger charge is 2.12. The first-order valence-electron chi connectivity index (χ1n) is 7.53. The lowest BCUT2D eigenvalue weighted by Crippen LogP contribution is -2.24. The molecule has 0 aliphatic rings. The van der Waals surface area contributed by atoms with Crippen LogP contribution >= 0.6 is 11.6 Å². The molecule has 1 heterocycles. The number of benzene rings is 1. The van der Waals surface area contributed by atoms with Crippen LogP contribution in [0.25, 0.3) is 5.69 Å². The topological polar surface area (TPSA) is 29.9 Å². The standard InChI is InChI=1S/C17H24ClN3/c1-12(2)19-11-5-6-17-13(3)20-21(14(17)4)16-9-7-15(18)8-10-16/h7-10,12,19H,5-6,11H2,1-4H3. The maximum absolute atomic E-state index is 5.95. The average Bonchev–Trinajstić information content (AvgIpc) is 2.71. The van der Waals surface area contributed by atoms with Crippen molar-refractivity contribution in [3.63, 3.8) is 0 Å². The van der Waals surface area contributed by atoms with Gasteiger partial charge in [0.25, 0.3) is 0 Å². The van der Waals surface area contributed by atoms with Crippen molar-refractivity contribution in [2.45, 2.75) is 46.6 Å². The molecule has 2 aromatic rings. The van der Waals surface area contributed by atoms with E-state index in [-0.39, 0.29) is 0 Å². The predicted octanol–water partition coefficient (Wildman–Crippen LogP) is 4.07. The van der Waals surface area contributed by atoms with Crippen molar-refractivity contribution in [1.82, 2.24) is 15.1 Å². The third-order valence-electron chi connectivity index (χ3n) is 3.67. The van der Waals surface area contributed by atoms with E-state index in [4.69, 9.17) is 11.6 Å². The summed E-state index contributed by atoms with van der Waals surface area (Å²) in [5.74, 6) is 0. The second kappa shape index (κ2) is 7.10. The number of nitrogens with zero attached hydrogens (tertiary/aromatic N) is 2. The molecule has 1 aromatic carbocycles. The predicted molar refractivity (Wildman–Crippen MR) is 89.5 cm³/mol. The Morgan fingerprint density at radius 2 is 1.86 bits per heavy atom. The molecule has 0 spiro atoms. The molecule has 0 fully saturated rings. The number of nitrogens with one attached hydrogen (secondary N) is 1. The molecule has 1 N–H and O–H groups in total. The van der Waals surface area contributed by atoms with Gasteiger partial charge < -0.3 is 5.32 Å². The zero-order chi connectivity index (χ0) is 15.4. The molecule has 0 unspecified atom stereocenters. The van der Waals surface area contributed by atoms with E-state index in [9.17, 15) is 0 Å². The highest BCUT2D eigenvalue weighted by Crippen LogP contribution is 2.20. The molecular formula is C17H24ClN3. The molecule has 4 heteroatoms. The van der Waals surface area contributed by atoms with Gasteiger partial charge in [-0.25, -0.2) is 4.68 Å². The van der Waals surface area contributed by atoms with Crippen molar-refractivity contribution >= 4 is 11.6 Å². The Kier molecular flexibility index (Phi) is 5.43. The quantitative estimate of drug-likeness (QED) is 0.815. The maximum atomic E-state index is 5.95. The third kappa shape index (κ3) is 4.08. The van der Waals surface area contributed by atoms with Gasteiger partial charge in [0.15, 0.2) is 0 Å². The van der Waals surface area contributed by atoms with Gasteiger partial charge in [0.2, 0.25) is 0 Å². The first kappa shape index (κ1) is 16.1. The molecule has 0 radical (unpaired) electrons. The number of halogens is 1. The van der Waals surface area contributed by atoms with Crippen LogP contribution in [0, 0.1) is 13.8 Å². The molecule has 0 amide bonds. The second-order valence-electron chi connectivity index (χ2n) is 5.75. The summed E-state index contributed by atoms with van der Waals surface area (Å²) in [4.78, 5) is 0. The van der Waals surface area contributed by atoms with Crippen LogP contribution in [0.4, 0.5) is 0 Å². The normalized spacial score (nSPS) is 11.3. The average molecular weight is 306 g/mol. The molecule has 114 valence electrons. The fourth-order valence-corrected chi connectivity index (χ4v) is 2.65. The van der Waals surface area contributed by atoms with Crippen LogP contribution in [0.3, 0.4) is 0 Å². The smallest absolute Gasteiger partial charge is 0.0649 e. The Hall–Kier alpha value is -1.32. The minimum atomic E-state index is 0.545. The first-order chi connectivity index (χ1) is 9.99. The van der Waals surface area contributed by atoms with Gasteiger partial charge in [0.1, 0.15) is 0 Å². The van der Waals surface area contributed by atoms with Crippen LogP contribution in [-0.2, 0) is 6.42 Å². The maximum Gasteiger partial charge on any atom is 0.0649 e. The minimum absolute atomic E-state index is 0.545. The second-order valence-corrected chi connectivity index (χ2v) is 6.19. The number of aromatic nitrogens is 2. The molecule has 0 aliphatic heterocycles. The summed E-state index contributed by atoms with van der Waals surface area (Å²) in [6, 6.07) is 8.36. The van der Waals surface area contributed by atoms with E-state index in [1.165, 1.54) is 11.3 Å². The molecule has 1 aromatic heterocycles. The fourth-order valence-electron chi connectivity index (χ4n) is 2.53. The van der Waals surface area contributed by atoms with Crippen LogP contribution in [0.5, 0.6) is 0 Å². The van der Waals surface area contributed by atoms with E-state index in [1.807, 2.05) is 28.9 Å². The Bertz CT molecular complexity index is 585. The lowest BCUT2D eigenvalue weighted by Gasteiger charge is -2.08. The van der Waals surface area contributed by atoms with Crippen molar-refractivity contribution in [3.05, 3.63) is 46.2 Å². The number of aryl methyl sites for hydroxylation is 1. The van der Waals surface area contributed by atoms with Crippen molar-refractivity contribution in [2.75, 3.05) is 6.54 Å². The van der Waals surface area contributed by atoms with Crippen LogP contribution in [-0.4, -0.2) is 22.4 Å². The monoisotopic (exact) mass is 305 g/mol. The molecule has 0 saturated carbocycles. The van der Waals surface area contributed by atoms with Gasteiger partial charge in [-0.2, -0.15) is 5.10 Å². The highest BCUT2D eigenvalue weighted by atomic mass is 35.5. The molecule has 3 nitrogen and oxygen atoms in total. The summed E-state index contributed by atoms with van der Waals surface area (Å²) < 4.78 is 2.01. The molecule has 0 aliphatic carbocycles. The molecule has 21 heavy (non-hydrogen) atoms. The zero-order valence-corrected chi connectivity index (χ0v) is 14.0. The Labute approximate surface area is 132 Å². The van der Waals surface area contributed by atoms with Gasteiger partial charge in [-0.3, -0.25) is 0 Å². The van der Waals surface area contributed by atoms with E-state index in [1.54, 1.807) is 0 Å². The summed E-state index contributed by atoms with van der Waals surface area (Å²) >= 11 is 5.95. The van der Waals surface area contributed by atoms with Gasteiger partial charge in [0.05, 0.1) is 11.4 Å². The molecule has 0 atom stereocenters. The first-order valence-corrected chi connectivity index (χ1v) is 7.91. The van der Waals surface area contributed by atoms with Gasteiger partial charge in [0, 0.05) is 16.8 Å². The van der Waals surface area contributed by atoms with Gasteiger partial charge in [-0.15, -0.1) is 0 Å².